The SMILES string of the molecule is CNc1ccc(C(=O)NCc2ccc(OC)cc2)nn1. The van der Waals surface area contributed by atoms with E-state index in [1.807, 2.05) is 24.3 Å². The molecular weight excluding hydrogens is 256 g/mol. The Morgan fingerprint density at radius 2 is 1.90 bits per heavy atom. The summed E-state index contributed by atoms with van der Waals surface area (Å²) in [5.41, 5.74) is 1.27. The first-order valence-corrected chi connectivity index (χ1v) is 6.15. The summed E-state index contributed by atoms with van der Waals surface area (Å²) in [4.78, 5) is 11.9. The van der Waals surface area contributed by atoms with Crippen molar-refractivity contribution in [1.29, 1.82) is 0 Å². The van der Waals surface area contributed by atoms with Crippen LogP contribution >= 0.6 is 0 Å². The van der Waals surface area contributed by atoms with Crippen LogP contribution in [0.25, 0.3) is 0 Å². The summed E-state index contributed by atoms with van der Waals surface area (Å²) in [6.45, 7) is 0.429. The van der Waals surface area contributed by atoms with E-state index in [4.69, 9.17) is 4.74 Å². The van der Waals surface area contributed by atoms with Crippen molar-refractivity contribution in [3.8, 4) is 5.75 Å². The van der Waals surface area contributed by atoms with Crippen molar-refractivity contribution >= 4 is 11.7 Å². The number of ether oxygens (including phenoxy) is 1. The van der Waals surface area contributed by atoms with E-state index in [0.29, 0.717) is 12.4 Å². The highest BCUT2D eigenvalue weighted by Crippen LogP contribution is 2.11. The van der Waals surface area contributed by atoms with Gasteiger partial charge in [-0.2, -0.15) is 0 Å². The molecule has 0 spiro atoms. The number of hydrogen-bond donors (Lipinski definition) is 2. The lowest BCUT2D eigenvalue weighted by Gasteiger charge is -2.06. The number of hydrogen-bond acceptors (Lipinski definition) is 5. The molecule has 0 fully saturated rings. The van der Waals surface area contributed by atoms with Gasteiger partial charge in [-0.05, 0) is 29.8 Å². The number of rotatable bonds is 5. The molecule has 1 aromatic carbocycles. The van der Waals surface area contributed by atoms with Gasteiger partial charge in [0.1, 0.15) is 11.6 Å². The Bertz CT molecular complexity index is 567. The third-order valence-corrected chi connectivity index (χ3v) is 2.77. The maximum atomic E-state index is 11.9. The largest absolute Gasteiger partial charge is 0.497 e. The minimum atomic E-state index is -0.254. The van der Waals surface area contributed by atoms with Crippen molar-refractivity contribution in [2.75, 3.05) is 19.5 Å². The Kier molecular flexibility index (Phi) is 4.49. The number of carbonyl (C=O) groups excluding carboxylic acids is 1. The number of carbonyl (C=O) groups is 1. The molecule has 1 heterocycles. The van der Waals surface area contributed by atoms with E-state index in [1.165, 1.54) is 0 Å². The molecule has 2 N–H and O–H groups in total. The molecule has 2 rings (SSSR count). The van der Waals surface area contributed by atoms with Crippen molar-refractivity contribution in [3.05, 3.63) is 47.7 Å². The van der Waals surface area contributed by atoms with Crippen molar-refractivity contribution in [1.82, 2.24) is 15.5 Å². The maximum Gasteiger partial charge on any atom is 0.272 e. The van der Waals surface area contributed by atoms with Gasteiger partial charge in [-0.25, -0.2) is 0 Å². The second-order valence-corrected chi connectivity index (χ2v) is 4.08. The predicted octanol–water partition coefficient (Wildman–Crippen LogP) is 1.46. The molecule has 0 saturated carbocycles. The average molecular weight is 272 g/mol. The molecule has 0 radical (unpaired) electrons. The first-order valence-electron chi connectivity index (χ1n) is 6.15. The highest BCUT2D eigenvalue weighted by atomic mass is 16.5. The molecule has 104 valence electrons. The number of benzene rings is 1. The summed E-state index contributed by atoms with van der Waals surface area (Å²) < 4.78 is 5.07. The van der Waals surface area contributed by atoms with Crippen molar-refractivity contribution < 1.29 is 9.53 Å². The molecular formula is C14H16N4O2. The van der Waals surface area contributed by atoms with Gasteiger partial charge in [0.05, 0.1) is 7.11 Å². The van der Waals surface area contributed by atoms with Crippen LogP contribution in [-0.2, 0) is 6.54 Å². The summed E-state index contributed by atoms with van der Waals surface area (Å²) in [6.07, 6.45) is 0. The van der Waals surface area contributed by atoms with E-state index in [2.05, 4.69) is 20.8 Å². The average Bonchev–Trinajstić information content (AvgIpc) is 2.53. The molecule has 0 aliphatic rings. The Morgan fingerprint density at radius 1 is 1.15 bits per heavy atom. The third-order valence-electron chi connectivity index (χ3n) is 2.77. The fourth-order valence-corrected chi connectivity index (χ4v) is 1.60. The first kappa shape index (κ1) is 13.8. The fraction of sp³-hybridized carbons (Fsp3) is 0.214. The van der Waals surface area contributed by atoms with Crippen LogP contribution in [0.3, 0.4) is 0 Å². The molecule has 2 aromatic rings. The van der Waals surface area contributed by atoms with E-state index in [1.54, 1.807) is 26.3 Å². The third kappa shape index (κ3) is 3.44. The second kappa shape index (κ2) is 6.51. The number of nitrogens with zero attached hydrogens (tertiary/aromatic N) is 2. The van der Waals surface area contributed by atoms with Gasteiger partial charge in [-0.15, -0.1) is 10.2 Å². The minimum Gasteiger partial charge on any atom is -0.497 e. The molecule has 1 aromatic heterocycles. The van der Waals surface area contributed by atoms with E-state index >= 15 is 0 Å². The second-order valence-electron chi connectivity index (χ2n) is 4.08. The molecule has 0 aliphatic heterocycles. The lowest BCUT2D eigenvalue weighted by Crippen LogP contribution is -2.24. The van der Waals surface area contributed by atoms with Crippen LogP contribution in [-0.4, -0.2) is 30.3 Å². The van der Waals surface area contributed by atoms with Crippen LogP contribution in [0.2, 0.25) is 0 Å². The van der Waals surface area contributed by atoms with Gasteiger partial charge in [0.2, 0.25) is 0 Å². The van der Waals surface area contributed by atoms with Crippen LogP contribution in [0.1, 0.15) is 16.1 Å². The normalized spacial score (nSPS) is 9.90. The zero-order valence-electron chi connectivity index (χ0n) is 11.4. The summed E-state index contributed by atoms with van der Waals surface area (Å²) in [7, 11) is 3.36. The van der Waals surface area contributed by atoms with Crippen molar-refractivity contribution in [2.24, 2.45) is 0 Å². The molecule has 0 bridgehead atoms. The van der Waals surface area contributed by atoms with Gasteiger partial charge in [-0.3, -0.25) is 4.79 Å². The smallest absolute Gasteiger partial charge is 0.272 e. The van der Waals surface area contributed by atoms with Gasteiger partial charge < -0.3 is 15.4 Å². The monoisotopic (exact) mass is 272 g/mol. The van der Waals surface area contributed by atoms with Gasteiger partial charge in [0, 0.05) is 13.6 Å². The Hall–Kier alpha value is -2.63. The van der Waals surface area contributed by atoms with Crippen LogP contribution < -0.4 is 15.4 Å². The zero-order valence-corrected chi connectivity index (χ0v) is 11.4. The molecule has 0 saturated heterocycles. The quantitative estimate of drug-likeness (QED) is 0.861. The zero-order chi connectivity index (χ0) is 14.4. The number of methoxy groups -OCH3 is 1. The maximum absolute atomic E-state index is 11.9. The minimum absolute atomic E-state index is 0.254. The highest BCUT2D eigenvalue weighted by molar-refractivity contribution is 5.92. The molecule has 6 heteroatoms. The van der Waals surface area contributed by atoms with Crippen LogP contribution in [0.5, 0.6) is 5.75 Å². The van der Waals surface area contributed by atoms with Crippen LogP contribution in [0.15, 0.2) is 36.4 Å². The predicted molar refractivity (Wildman–Crippen MR) is 75.7 cm³/mol. The van der Waals surface area contributed by atoms with Crippen LogP contribution in [0.4, 0.5) is 5.82 Å². The van der Waals surface area contributed by atoms with Crippen LogP contribution in [0, 0.1) is 0 Å². The summed E-state index contributed by atoms with van der Waals surface area (Å²) in [6, 6.07) is 10.8. The van der Waals surface area contributed by atoms with Gasteiger partial charge >= 0.3 is 0 Å². The van der Waals surface area contributed by atoms with E-state index in [9.17, 15) is 4.79 Å². The Labute approximate surface area is 117 Å². The molecule has 0 atom stereocenters. The summed E-state index contributed by atoms with van der Waals surface area (Å²) in [5.74, 6) is 1.15. The first-order chi connectivity index (χ1) is 9.72. The van der Waals surface area contributed by atoms with Gasteiger partial charge in [-0.1, -0.05) is 12.1 Å². The lowest BCUT2D eigenvalue weighted by molar-refractivity contribution is 0.0945. The topological polar surface area (TPSA) is 76.1 Å². The van der Waals surface area contributed by atoms with Gasteiger partial charge in [0.25, 0.3) is 5.91 Å². The summed E-state index contributed by atoms with van der Waals surface area (Å²) in [5, 5.41) is 13.3. The lowest BCUT2D eigenvalue weighted by atomic mass is 10.2. The van der Waals surface area contributed by atoms with Gasteiger partial charge in [0.15, 0.2) is 5.69 Å². The number of nitrogens with one attached hydrogen (secondary N) is 2. The van der Waals surface area contributed by atoms with Crippen molar-refractivity contribution in [3.63, 3.8) is 0 Å². The highest BCUT2D eigenvalue weighted by Gasteiger charge is 2.07. The molecule has 0 unspecified atom stereocenters. The summed E-state index contributed by atoms with van der Waals surface area (Å²) >= 11 is 0. The standard InChI is InChI=1S/C14H16N4O2/c1-15-13-8-7-12(17-18-13)14(19)16-9-10-3-5-11(20-2)6-4-10/h3-8H,9H2,1-2H3,(H,15,18)(H,16,19). The molecule has 0 aliphatic carbocycles. The molecule has 1 amide bonds. The van der Waals surface area contributed by atoms with E-state index < -0.39 is 0 Å². The van der Waals surface area contributed by atoms with E-state index in [0.717, 1.165) is 11.3 Å². The fourth-order valence-electron chi connectivity index (χ4n) is 1.60. The molecule has 20 heavy (non-hydrogen) atoms. The van der Waals surface area contributed by atoms with E-state index in [-0.39, 0.29) is 11.6 Å². The number of amides is 1. The number of anilines is 1. The Balaban J connectivity index is 1.93. The number of aromatic nitrogens is 2. The van der Waals surface area contributed by atoms with Crippen molar-refractivity contribution in [2.45, 2.75) is 6.54 Å². The Morgan fingerprint density at radius 3 is 2.45 bits per heavy atom. The molecule has 6 nitrogen and oxygen atoms in total.